The van der Waals surface area contributed by atoms with Gasteiger partial charge < -0.3 is 10.5 Å². The van der Waals surface area contributed by atoms with E-state index in [1.807, 2.05) is 38.1 Å². The molecule has 0 radical (unpaired) electrons. The number of fused-ring (bicyclic) bond motifs is 1. The van der Waals surface area contributed by atoms with Crippen molar-refractivity contribution >= 4 is 16.6 Å². The summed E-state index contributed by atoms with van der Waals surface area (Å²) in [6.07, 6.45) is 1.89. The topological polar surface area (TPSA) is 48.1 Å². The van der Waals surface area contributed by atoms with Crippen LogP contribution in [0, 0.1) is 0 Å². The molecule has 1 aromatic heterocycles. The highest BCUT2D eigenvalue weighted by Gasteiger charge is 2.02. The predicted octanol–water partition coefficient (Wildman–Crippen LogP) is 2.60. The van der Waals surface area contributed by atoms with E-state index < -0.39 is 0 Å². The van der Waals surface area contributed by atoms with Crippen LogP contribution in [0.3, 0.4) is 0 Å². The zero-order valence-electron chi connectivity index (χ0n) is 8.90. The molecule has 2 N–H and O–H groups in total. The maximum Gasteiger partial charge on any atom is 0.131 e. The number of nitrogen functional groups attached to an aromatic ring is 1. The predicted molar refractivity (Wildman–Crippen MR) is 61.9 cm³/mol. The smallest absolute Gasteiger partial charge is 0.131 e. The molecule has 0 aliphatic heterocycles. The number of aromatic nitrogens is 1. The van der Waals surface area contributed by atoms with Crippen molar-refractivity contribution in [1.29, 1.82) is 0 Å². The second-order valence-corrected chi connectivity index (χ2v) is 3.75. The molecule has 3 nitrogen and oxygen atoms in total. The third-order valence-electron chi connectivity index (χ3n) is 2.14. The summed E-state index contributed by atoms with van der Waals surface area (Å²) in [5, 5.41) is 2.02. The molecule has 2 rings (SSSR count). The first-order valence-corrected chi connectivity index (χ1v) is 4.98. The number of pyridine rings is 1. The van der Waals surface area contributed by atoms with E-state index in [1.165, 1.54) is 0 Å². The Morgan fingerprint density at radius 1 is 1.27 bits per heavy atom. The summed E-state index contributed by atoms with van der Waals surface area (Å²) in [6, 6.07) is 7.77. The second-order valence-electron chi connectivity index (χ2n) is 3.75. The number of rotatable bonds is 2. The lowest BCUT2D eigenvalue weighted by Crippen LogP contribution is -2.05. The highest BCUT2D eigenvalue weighted by molar-refractivity contribution is 5.91. The van der Waals surface area contributed by atoms with Crippen LogP contribution in [0.4, 0.5) is 5.82 Å². The zero-order chi connectivity index (χ0) is 10.8. The van der Waals surface area contributed by atoms with Gasteiger partial charge in [0.25, 0.3) is 0 Å². The number of hydrogen-bond donors (Lipinski definition) is 1. The lowest BCUT2D eigenvalue weighted by atomic mass is 10.1. The molecule has 78 valence electrons. The van der Waals surface area contributed by atoms with Gasteiger partial charge in [-0.15, -0.1) is 0 Å². The molecule has 0 bridgehead atoms. The van der Waals surface area contributed by atoms with Crippen molar-refractivity contribution in [3.63, 3.8) is 0 Å². The highest BCUT2D eigenvalue weighted by Crippen LogP contribution is 2.24. The van der Waals surface area contributed by atoms with Crippen molar-refractivity contribution in [2.24, 2.45) is 0 Å². The van der Waals surface area contributed by atoms with E-state index in [2.05, 4.69) is 4.98 Å². The fourth-order valence-electron chi connectivity index (χ4n) is 1.52. The average Bonchev–Trinajstić information content (AvgIpc) is 2.17. The van der Waals surface area contributed by atoms with Crippen LogP contribution in [0.15, 0.2) is 30.5 Å². The Balaban J connectivity index is 2.48. The molecule has 0 amide bonds. The van der Waals surface area contributed by atoms with Gasteiger partial charge in [0.15, 0.2) is 0 Å². The van der Waals surface area contributed by atoms with Crippen molar-refractivity contribution in [3.05, 3.63) is 30.5 Å². The van der Waals surface area contributed by atoms with Crippen molar-refractivity contribution in [1.82, 2.24) is 4.98 Å². The molecule has 0 saturated carbocycles. The van der Waals surface area contributed by atoms with Crippen LogP contribution < -0.4 is 10.5 Å². The molecule has 1 heterocycles. The Morgan fingerprint density at radius 2 is 2.07 bits per heavy atom. The van der Waals surface area contributed by atoms with E-state index in [1.54, 1.807) is 6.20 Å². The summed E-state index contributed by atoms with van der Waals surface area (Å²) in [5.41, 5.74) is 5.76. The first-order chi connectivity index (χ1) is 7.16. The standard InChI is InChI=1S/C12H14N2O/c1-8(2)15-10-3-4-11-9(7-10)5-6-14-12(11)13/h3-8H,1-2H3,(H2,13,14). The van der Waals surface area contributed by atoms with Crippen LogP contribution >= 0.6 is 0 Å². The number of anilines is 1. The van der Waals surface area contributed by atoms with Crippen molar-refractivity contribution in [3.8, 4) is 5.75 Å². The molecule has 0 aliphatic carbocycles. The zero-order valence-corrected chi connectivity index (χ0v) is 8.90. The van der Waals surface area contributed by atoms with Crippen LogP contribution in [0.5, 0.6) is 5.75 Å². The van der Waals surface area contributed by atoms with Gasteiger partial charge in [0, 0.05) is 11.6 Å². The van der Waals surface area contributed by atoms with E-state index in [9.17, 15) is 0 Å². The minimum atomic E-state index is 0.182. The first kappa shape index (κ1) is 9.77. The molecule has 15 heavy (non-hydrogen) atoms. The average molecular weight is 202 g/mol. The van der Waals surface area contributed by atoms with E-state index in [4.69, 9.17) is 10.5 Å². The lowest BCUT2D eigenvalue weighted by Gasteiger charge is -2.10. The van der Waals surface area contributed by atoms with Gasteiger partial charge in [-0.1, -0.05) is 0 Å². The number of hydrogen-bond acceptors (Lipinski definition) is 3. The summed E-state index contributed by atoms with van der Waals surface area (Å²) in [7, 11) is 0. The fraction of sp³-hybridized carbons (Fsp3) is 0.250. The molecule has 0 unspecified atom stereocenters. The van der Waals surface area contributed by atoms with Crippen LogP contribution in [0.2, 0.25) is 0 Å². The van der Waals surface area contributed by atoms with Gasteiger partial charge in [-0.2, -0.15) is 0 Å². The molecule has 2 aromatic rings. The number of nitrogens with zero attached hydrogens (tertiary/aromatic N) is 1. The minimum absolute atomic E-state index is 0.182. The van der Waals surface area contributed by atoms with Gasteiger partial charge in [0.2, 0.25) is 0 Å². The van der Waals surface area contributed by atoms with Gasteiger partial charge in [-0.25, -0.2) is 4.98 Å². The summed E-state index contributed by atoms with van der Waals surface area (Å²) in [6.45, 7) is 4.01. The van der Waals surface area contributed by atoms with Gasteiger partial charge in [-0.05, 0) is 43.5 Å². The van der Waals surface area contributed by atoms with Crippen LogP contribution in [-0.4, -0.2) is 11.1 Å². The monoisotopic (exact) mass is 202 g/mol. The van der Waals surface area contributed by atoms with E-state index in [-0.39, 0.29) is 6.10 Å². The fourth-order valence-corrected chi connectivity index (χ4v) is 1.52. The van der Waals surface area contributed by atoms with Gasteiger partial charge in [-0.3, -0.25) is 0 Å². The number of ether oxygens (including phenoxy) is 1. The largest absolute Gasteiger partial charge is 0.491 e. The Labute approximate surface area is 88.9 Å². The summed E-state index contributed by atoms with van der Waals surface area (Å²) in [4.78, 5) is 4.03. The van der Waals surface area contributed by atoms with Crippen LogP contribution in [0.1, 0.15) is 13.8 Å². The molecular weight excluding hydrogens is 188 g/mol. The van der Waals surface area contributed by atoms with Crippen molar-refractivity contribution in [2.75, 3.05) is 5.73 Å². The molecule has 0 saturated heterocycles. The summed E-state index contributed by atoms with van der Waals surface area (Å²) >= 11 is 0. The van der Waals surface area contributed by atoms with Gasteiger partial charge in [0.1, 0.15) is 11.6 Å². The third-order valence-corrected chi connectivity index (χ3v) is 2.14. The minimum Gasteiger partial charge on any atom is -0.491 e. The quantitative estimate of drug-likeness (QED) is 0.814. The molecule has 3 heteroatoms. The summed E-state index contributed by atoms with van der Waals surface area (Å²) < 4.78 is 5.60. The van der Waals surface area contributed by atoms with Crippen LogP contribution in [-0.2, 0) is 0 Å². The molecule has 1 aromatic carbocycles. The molecule has 0 spiro atoms. The lowest BCUT2D eigenvalue weighted by molar-refractivity contribution is 0.243. The maximum atomic E-state index is 5.76. The molecular formula is C12H14N2O. The van der Waals surface area contributed by atoms with Gasteiger partial charge >= 0.3 is 0 Å². The number of nitrogens with two attached hydrogens (primary N) is 1. The first-order valence-electron chi connectivity index (χ1n) is 4.98. The normalized spacial score (nSPS) is 10.9. The Hall–Kier alpha value is -1.77. The molecule has 0 atom stereocenters. The highest BCUT2D eigenvalue weighted by atomic mass is 16.5. The third kappa shape index (κ3) is 2.01. The SMILES string of the molecule is CC(C)Oc1ccc2c(N)nccc2c1. The van der Waals surface area contributed by atoms with Crippen LogP contribution in [0.25, 0.3) is 10.8 Å². The van der Waals surface area contributed by atoms with E-state index in [0.29, 0.717) is 5.82 Å². The number of benzene rings is 1. The van der Waals surface area contributed by atoms with E-state index in [0.717, 1.165) is 16.5 Å². The molecule has 0 fully saturated rings. The second kappa shape index (κ2) is 3.77. The van der Waals surface area contributed by atoms with Crippen molar-refractivity contribution < 1.29 is 4.74 Å². The summed E-state index contributed by atoms with van der Waals surface area (Å²) in [5.74, 6) is 1.42. The van der Waals surface area contributed by atoms with E-state index >= 15 is 0 Å². The Morgan fingerprint density at radius 3 is 2.80 bits per heavy atom. The Kier molecular flexibility index (Phi) is 2.46. The van der Waals surface area contributed by atoms with Gasteiger partial charge in [0.05, 0.1) is 6.10 Å². The van der Waals surface area contributed by atoms with Crippen molar-refractivity contribution in [2.45, 2.75) is 20.0 Å². The molecule has 0 aliphatic rings. The Bertz CT molecular complexity index is 480. The maximum absolute atomic E-state index is 5.76.